The molecule has 3 aromatic heterocycles. The molecule has 142 valence electrons. The largest absolute Gasteiger partial charge is 0.361 e. The zero-order valence-corrected chi connectivity index (χ0v) is 16.0. The van der Waals surface area contributed by atoms with Gasteiger partial charge < -0.3 is 15.6 Å². The second-order valence-electron chi connectivity index (χ2n) is 6.43. The maximum atomic E-state index is 12.9. The highest BCUT2D eigenvalue weighted by atomic mass is 32.1. The number of thiophene rings is 1. The van der Waals surface area contributed by atoms with E-state index >= 15 is 0 Å². The molecule has 0 saturated heterocycles. The van der Waals surface area contributed by atoms with E-state index in [0.717, 1.165) is 16.5 Å². The van der Waals surface area contributed by atoms with Crippen LogP contribution in [0.25, 0.3) is 10.9 Å². The van der Waals surface area contributed by atoms with Crippen molar-refractivity contribution in [1.82, 2.24) is 20.1 Å². The van der Waals surface area contributed by atoms with Gasteiger partial charge in [0.25, 0.3) is 5.91 Å². The van der Waals surface area contributed by atoms with Crippen molar-refractivity contribution >= 4 is 39.9 Å². The molecule has 0 bridgehead atoms. The second kappa shape index (κ2) is 7.69. The van der Waals surface area contributed by atoms with E-state index in [1.54, 1.807) is 30.1 Å². The van der Waals surface area contributed by atoms with Crippen LogP contribution >= 0.6 is 11.3 Å². The number of amides is 2. The third-order valence-corrected chi connectivity index (χ3v) is 5.30. The molecule has 7 nitrogen and oxygen atoms in total. The first-order valence-electron chi connectivity index (χ1n) is 8.80. The van der Waals surface area contributed by atoms with Gasteiger partial charge in [0, 0.05) is 42.8 Å². The quantitative estimate of drug-likeness (QED) is 0.470. The highest BCUT2D eigenvalue weighted by Crippen LogP contribution is 2.20. The molecule has 1 atom stereocenters. The number of carbonyl (C=O) groups excluding carboxylic acids is 2. The molecule has 0 unspecified atom stereocenters. The number of anilines is 1. The summed E-state index contributed by atoms with van der Waals surface area (Å²) >= 11 is 1.34. The van der Waals surface area contributed by atoms with Gasteiger partial charge in [0.15, 0.2) is 5.82 Å². The first-order chi connectivity index (χ1) is 13.6. The number of H-pyrrole nitrogens is 1. The summed E-state index contributed by atoms with van der Waals surface area (Å²) in [5, 5.41) is 12.7. The summed E-state index contributed by atoms with van der Waals surface area (Å²) in [6.45, 7) is 0. The SMILES string of the molecule is Cn1ccc(NC(=O)[C@H](Cc2c[nH]c3ccccc23)NC(=O)c2cccs2)n1. The molecule has 0 radical (unpaired) electrons. The Kier molecular flexibility index (Phi) is 4.94. The lowest BCUT2D eigenvalue weighted by Gasteiger charge is -2.17. The number of rotatable bonds is 6. The Morgan fingerprint density at radius 1 is 1.21 bits per heavy atom. The zero-order chi connectivity index (χ0) is 19.5. The minimum absolute atomic E-state index is 0.268. The molecule has 0 spiro atoms. The van der Waals surface area contributed by atoms with Crippen molar-refractivity contribution in [2.24, 2.45) is 7.05 Å². The van der Waals surface area contributed by atoms with Gasteiger partial charge in [0.1, 0.15) is 6.04 Å². The average molecular weight is 393 g/mol. The molecule has 1 aromatic carbocycles. The van der Waals surface area contributed by atoms with Crippen LogP contribution in [0, 0.1) is 0 Å². The molecule has 0 saturated carbocycles. The van der Waals surface area contributed by atoms with Crippen LogP contribution in [0.4, 0.5) is 5.82 Å². The molecule has 3 N–H and O–H groups in total. The van der Waals surface area contributed by atoms with Gasteiger partial charge in [-0.05, 0) is 23.1 Å². The van der Waals surface area contributed by atoms with Crippen LogP contribution in [-0.4, -0.2) is 32.6 Å². The maximum Gasteiger partial charge on any atom is 0.262 e. The summed E-state index contributed by atoms with van der Waals surface area (Å²) in [6.07, 6.45) is 3.98. The molecule has 0 aliphatic heterocycles. The first-order valence-corrected chi connectivity index (χ1v) is 9.68. The van der Waals surface area contributed by atoms with Gasteiger partial charge in [0.2, 0.25) is 5.91 Å². The number of carbonyl (C=O) groups is 2. The highest BCUT2D eigenvalue weighted by molar-refractivity contribution is 7.12. The summed E-state index contributed by atoms with van der Waals surface area (Å²) in [5.74, 6) is -0.133. The van der Waals surface area contributed by atoms with Gasteiger partial charge in [0.05, 0.1) is 4.88 Å². The van der Waals surface area contributed by atoms with Crippen LogP contribution in [-0.2, 0) is 18.3 Å². The minimum Gasteiger partial charge on any atom is -0.361 e. The monoisotopic (exact) mass is 393 g/mol. The molecule has 3 heterocycles. The zero-order valence-electron chi connectivity index (χ0n) is 15.2. The number of hydrogen-bond acceptors (Lipinski definition) is 4. The van der Waals surface area contributed by atoms with Gasteiger partial charge in [-0.2, -0.15) is 5.10 Å². The Bertz CT molecular complexity index is 1110. The number of aromatic nitrogens is 3. The Morgan fingerprint density at radius 3 is 2.82 bits per heavy atom. The lowest BCUT2D eigenvalue weighted by Crippen LogP contribution is -2.45. The molecule has 28 heavy (non-hydrogen) atoms. The van der Waals surface area contributed by atoms with Crippen LogP contribution in [0.15, 0.2) is 60.2 Å². The number of nitrogens with zero attached hydrogens (tertiary/aromatic N) is 2. The molecule has 2 amide bonds. The minimum atomic E-state index is -0.740. The Labute approximate surface area is 165 Å². The van der Waals surface area contributed by atoms with Crippen LogP contribution in [0.5, 0.6) is 0 Å². The number of aryl methyl sites for hydroxylation is 1. The van der Waals surface area contributed by atoms with E-state index in [9.17, 15) is 9.59 Å². The average Bonchev–Trinajstić information content (AvgIpc) is 3.43. The number of hydrogen-bond donors (Lipinski definition) is 3. The van der Waals surface area contributed by atoms with Gasteiger partial charge in [-0.25, -0.2) is 0 Å². The third-order valence-electron chi connectivity index (χ3n) is 4.43. The Hall–Kier alpha value is -3.39. The fourth-order valence-electron chi connectivity index (χ4n) is 3.06. The summed E-state index contributed by atoms with van der Waals surface area (Å²) in [6, 6.07) is 12.4. The number of nitrogens with one attached hydrogen (secondary N) is 3. The van der Waals surface area contributed by atoms with Crippen molar-refractivity contribution in [3.8, 4) is 0 Å². The van der Waals surface area contributed by atoms with Gasteiger partial charge >= 0.3 is 0 Å². The van der Waals surface area contributed by atoms with Gasteiger partial charge in [-0.3, -0.25) is 14.3 Å². The summed E-state index contributed by atoms with van der Waals surface area (Å²) in [5.41, 5.74) is 1.95. The predicted molar refractivity (Wildman–Crippen MR) is 109 cm³/mol. The molecule has 4 rings (SSSR count). The summed E-state index contributed by atoms with van der Waals surface area (Å²) in [7, 11) is 1.78. The molecule has 8 heteroatoms. The summed E-state index contributed by atoms with van der Waals surface area (Å²) < 4.78 is 1.61. The molecule has 0 fully saturated rings. The predicted octanol–water partition coefficient (Wildman–Crippen LogP) is 2.94. The molecular formula is C20H19N5O2S. The van der Waals surface area contributed by atoms with E-state index in [4.69, 9.17) is 0 Å². The number of fused-ring (bicyclic) bond motifs is 1. The van der Waals surface area contributed by atoms with E-state index in [2.05, 4.69) is 20.7 Å². The van der Waals surface area contributed by atoms with E-state index in [0.29, 0.717) is 17.1 Å². The van der Waals surface area contributed by atoms with Crippen molar-refractivity contribution in [3.05, 3.63) is 70.7 Å². The van der Waals surface area contributed by atoms with Crippen LogP contribution < -0.4 is 10.6 Å². The van der Waals surface area contributed by atoms with Crippen molar-refractivity contribution in [1.29, 1.82) is 0 Å². The Balaban J connectivity index is 1.58. The molecular weight excluding hydrogens is 374 g/mol. The van der Waals surface area contributed by atoms with Gasteiger partial charge in [-0.1, -0.05) is 24.3 Å². The lowest BCUT2D eigenvalue weighted by atomic mass is 10.0. The standard InChI is InChI=1S/C20H19N5O2S/c1-25-9-8-18(24-25)23-19(26)16(22-20(27)17-7-4-10-28-17)11-13-12-21-15-6-3-2-5-14(13)15/h2-10,12,16,21H,11H2,1H3,(H,22,27)(H,23,24,26)/t16-/m0/s1. The Morgan fingerprint density at radius 2 is 2.07 bits per heavy atom. The fourth-order valence-corrected chi connectivity index (χ4v) is 3.69. The third kappa shape index (κ3) is 3.81. The van der Waals surface area contributed by atoms with Gasteiger partial charge in [-0.15, -0.1) is 11.3 Å². The van der Waals surface area contributed by atoms with Crippen LogP contribution in [0.1, 0.15) is 15.2 Å². The van der Waals surface area contributed by atoms with Crippen LogP contribution in [0.3, 0.4) is 0 Å². The van der Waals surface area contributed by atoms with E-state index in [-0.39, 0.29) is 11.8 Å². The molecule has 4 aromatic rings. The molecule has 0 aliphatic carbocycles. The smallest absolute Gasteiger partial charge is 0.262 e. The maximum absolute atomic E-state index is 12.9. The van der Waals surface area contributed by atoms with E-state index in [1.807, 2.05) is 41.9 Å². The van der Waals surface area contributed by atoms with Crippen molar-refractivity contribution in [2.75, 3.05) is 5.32 Å². The number of benzene rings is 1. The second-order valence-corrected chi connectivity index (χ2v) is 7.38. The number of aromatic amines is 1. The first kappa shape index (κ1) is 18.0. The normalized spacial score (nSPS) is 12.0. The van der Waals surface area contributed by atoms with E-state index < -0.39 is 6.04 Å². The van der Waals surface area contributed by atoms with Crippen LogP contribution in [0.2, 0.25) is 0 Å². The topological polar surface area (TPSA) is 91.8 Å². The van der Waals surface area contributed by atoms with Crippen molar-refractivity contribution in [3.63, 3.8) is 0 Å². The van der Waals surface area contributed by atoms with E-state index in [1.165, 1.54) is 11.3 Å². The lowest BCUT2D eigenvalue weighted by molar-refractivity contribution is -0.118. The summed E-state index contributed by atoms with van der Waals surface area (Å²) in [4.78, 5) is 29.2. The van der Waals surface area contributed by atoms with Crippen molar-refractivity contribution in [2.45, 2.75) is 12.5 Å². The van der Waals surface area contributed by atoms with Crippen molar-refractivity contribution < 1.29 is 9.59 Å². The number of para-hydroxylation sites is 1. The molecule has 0 aliphatic rings. The highest BCUT2D eigenvalue weighted by Gasteiger charge is 2.24. The fraction of sp³-hybridized carbons (Fsp3) is 0.150.